The molecule has 1 aromatic rings. The molecule has 1 aliphatic rings. The third-order valence-electron chi connectivity index (χ3n) is 3.21. The summed E-state index contributed by atoms with van der Waals surface area (Å²) in [5.41, 5.74) is 0.570. The fourth-order valence-electron chi connectivity index (χ4n) is 2.38. The first-order chi connectivity index (χ1) is 8.41. The predicted molar refractivity (Wildman–Crippen MR) is 66.8 cm³/mol. The van der Waals surface area contributed by atoms with E-state index in [0.29, 0.717) is 31.0 Å². The topological polar surface area (TPSA) is 84.4 Å². The molecule has 0 amide bonds. The summed E-state index contributed by atoms with van der Waals surface area (Å²) in [6, 6.07) is 0. The lowest BCUT2D eigenvalue weighted by molar-refractivity contribution is -0.385. The van der Waals surface area contributed by atoms with Gasteiger partial charge in [0, 0.05) is 26.1 Å². The Morgan fingerprint density at radius 1 is 1.56 bits per heavy atom. The van der Waals surface area contributed by atoms with Crippen LogP contribution in [0.25, 0.3) is 0 Å². The van der Waals surface area contributed by atoms with Gasteiger partial charge in [-0.2, -0.15) is 5.10 Å². The molecule has 1 N–H and O–H groups in total. The number of nitrogens with zero attached hydrogens (tertiary/aromatic N) is 4. The highest BCUT2D eigenvalue weighted by Crippen LogP contribution is 2.36. The van der Waals surface area contributed by atoms with Gasteiger partial charge in [0.15, 0.2) is 0 Å². The lowest BCUT2D eigenvalue weighted by Crippen LogP contribution is -2.24. The summed E-state index contributed by atoms with van der Waals surface area (Å²) >= 11 is 0. The smallest absolute Gasteiger partial charge is 0.334 e. The molecule has 1 aromatic heterocycles. The van der Waals surface area contributed by atoms with Gasteiger partial charge in [-0.15, -0.1) is 0 Å². The highest BCUT2D eigenvalue weighted by Gasteiger charge is 2.34. The summed E-state index contributed by atoms with van der Waals surface area (Å²) in [4.78, 5) is 12.7. The first kappa shape index (κ1) is 12.8. The van der Waals surface area contributed by atoms with E-state index in [1.54, 1.807) is 11.7 Å². The normalized spacial score (nSPS) is 19.8. The molecule has 1 fully saturated rings. The molecule has 1 unspecified atom stereocenters. The maximum Gasteiger partial charge on any atom is 0.334 e. The molecule has 0 bridgehead atoms. The number of β-amino-alcohol motifs (C(OH)–C–C–N with tert-alkyl or cyclic N) is 1. The van der Waals surface area contributed by atoms with Crippen molar-refractivity contribution in [3.05, 3.63) is 15.8 Å². The second kappa shape index (κ2) is 4.56. The van der Waals surface area contributed by atoms with Crippen LogP contribution in [0.15, 0.2) is 0 Å². The standard InChI is InChI=1S/C11H18N4O3/c1-7(2)9-10(15(17)18)11(13(3)12-9)14-5-4-8(16)6-14/h7-8,16H,4-6H2,1-3H3. The summed E-state index contributed by atoms with van der Waals surface area (Å²) in [5.74, 6) is 0.498. The average Bonchev–Trinajstić information content (AvgIpc) is 2.81. The molecule has 0 aromatic carbocycles. The Kier molecular flexibility index (Phi) is 3.25. The van der Waals surface area contributed by atoms with E-state index in [1.807, 2.05) is 18.7 Å². The minimum absolute atomic E-state index is 0.00197. The first-order valence-electron chi connectivity index (χ1n) is 6.06. The zero-order chi connectivity index (χ0) is 13.4. The van der Waals surface area contributed by atoms with E-state index >= 15 is 0 Å². The van der Waals surface area contributed by atoms with E-state index in [0.717, 1.165) is 0 Å². The number of aliphatic hydroxyl groups is 1. The van der Waals surface area contributed by atoms with Crippen LogP contribution >= 0.6 is 0 Å². The number of aromatic nitrogens is 2. The molecule has 2 heterocycles. The number of aliphatic hydroxyl groups excluding tert-OH is 1. The molecular formula is C11H18N4O3. The van der Waals surface area contributed by atoms with Gasteiger partial charge in [-0.05, 0) is 6.42 Å². The quantitative estimate of drug-likeness (QED) is 0.643. The summed E-state index contributed by atoms with van der Waals surface area (Å²) in [6.07, 6.45) is 0.223. The third kappa shape index (κ3) is 2.05. The average molecular weight is 254 g/mol. The van der Waals surface area contributed by atoms with Crippen molar-refractivity contribution >= 4 is 11.5 Å². The Hall–Kier alpha value is -1.63. The van der Waals surface area contributed by atoms with Gasteiger partial charge in [-0.3, -0.25) is 10.1 Å². The van der Waals surface area contributed by atoms with Crippen molar-refractivity contribution in [2.24, 2.45) is 7.05 Å². The molecule has 7 heteroatoms. The van der Waals surface area contributed by atoms with Crippen LogP contribution in [-0.2, 0) is 7.05 Å². The Morgan fingerprint density at radius 2 is 2.22 bits per heavy atom. The highest BCUT2D eigenvalue weighted by atomic mass is 16.6. The van der Waals surface area contributed by atoms with Crippen LogP contribution in [0, 0.1) is 10.1 Å². The first-order valence-corrected chi connectivity index (χ1v) is 6.06. The molecule has 0 aliphatic carbocycles. The van der Waals surface area contributed by atoms with E-state index < -0.39 is 6.10 Å². The molecule has 100 valence electrons. The van der Waals surface area contributed by atoms with E-state index in [1.165, 1.54) is 0 Å². The van der Waals surface area contributed by atoms with Crippen molar-refractivity contribution in [2.75, 3.05) is 18.0 Å². The van der Waals surface area contributed by atoms with Crippen LogP contribution in [-0.4, -0.2) is 39.0 Å². The van der Waals surface area contributed by atoms with Crippen molar-refractivity contribution in [2.45, 2.75) is 32.3 Å². The van der Waals surface area contributed by atoms with Gasteiger partial charge in [0.25, 0.3) is 0 Å². The SMILES string of the molecule is CC(C)c1nn(C)c(N2CCC(O)C2)c1[N+](=O)[O-]. The molecule has 0 saturated carbocycles. The van der Waals surface area contributed by atoms with Crippen molar-refractivity contribution in [3.63, 3.8) is 0 Å². The number of anilines is 1. The number of nitro groups is 1. The Bertz CT molecular complexity index is 469. The molecule has 1 saturated heterocycles. The van der Waals surface area contributed by atoms with Crippen LogP contribution in [0.3, 0.4) is 0 Å². The van der Waals surface area contributed by atoms with Crippen LogP contribution in [0.4, 0.5) is 11.5 Å². The van der Waals surface area contributed by atoms with Gasteiger partial charge in [0.05, 0.1) is 11.0 Å². The molecule has 0 spiro atoms. The number of aryl methyl sites for hydroxylation is 1. The fourth-order valence-corrected chi connectivity index (χ4v) is 2.38. The third-order valence-corrected chi connectivity index (χ3v) is 3.21. The van der Waals surface area contributed by atoms with Gasteiger partial charge in [-0.25, -0.2) is 4.68 Å². The lowest BCUT2D eigenvalue weighted by atomic mass is 10.1. The zero-order valence-corrected chi connectivity index (χ0v) is 10.8. The van der Waals surface area contributed by atoms with Crippen LogP contribution in [0.5, 0.6) is 0 Å². The fraction of sp³-hybridized carbons (Fsp3) is 0.727. The van der Waals surface area contributed by atoms with E-state index in [-0.39, 0.29) is 16.5 Å². The minimum Gasteiger partial charge on any atom is -0.391 e. The van der Waals surface area contributed by atoms with Crippen molar-refractivity contribution in [3.8, 4) is 0 Å². The van der Waals surface area contributed by atoms with Crippen LogP contribution < -0.4 is 4.90 Å². The van der Waals surface area contributed by atoms with Crippen molar-refractivity contribution in [1.29, 1.82) is 0 Å². The van der Waals surface area contributed by atoms with Crippen LogP contribution in [0.1, 0.15) is 31.9 Å². The number of rotatable bonds is 3. The zero-order valence-electron chi connectivity index (χ0n) is 10.8. The predicted octanol–water partition coefficient (Wildman–Crippen LogP) is 1.02. The second-order valence-electron chi connectivity index (χ2n) is 4.98. The maximum absolute atomic E-state index is 11.3. The minimum atomic E-state index is -0.415. The van der Waals surface area contributed by atoms with Crippen molar-refractivity contribution < 1.29 is 10.0 Å². The maximum atomic E-state index is 11.3. The molecule has 2 rings (SSSR count). The number of hydrogen-bond acceptors (Lipinski definition) is 5. The molecule has 1 atom stereocenters. The van der Waals surface area contributed by atoms with E-state index in [9.17, 15) is 15.2 Å². The Balaban J connectivity index is 2.49. The van der Waals surface area contributed by atoms with E-state index in [4.69, 9.17) is 0 Å². The summed E-state index contributed by atoms with van der Waals surface area (Å²) < 4.78 is 1.55. The molecule has 0 radical (unpaired) electrons. The summed E-state index contributed by atoms with van der Waals surface area (Å²) in [5, 5.41) is 25.1. The Labute approximate surface area is 105 Å². The highest BCUT2D eigenvalue weighted by molar-refractivity contribution is 5.62. The summed E-state index contributed by atoms with van der Waals surface area (Å²) in [7, 11) is 1.71. The molecule has 7 nitrogen and oxygen atoms in total. The monoisotopic (exact) mass is 254 g/mol. The van der Waals surface area contributed by atoms with Gasteiger partial charge in [-0.1, -0.05) is 13.8 Å². The largest absolute Gasteiger partial charge is 0.391 e. The lowest BCUT2D eigenvalue weighted by Gasteiger charge is -2.16. The number of hydrogen-bond donors (Lipinski definition) is 1. The summed E-state index contributed by atoms with van der Waals surface area (Å²) in [6.45, 7) is 4.83. The molecular weight excluding hydrogens is 236 g/mol. The van der Waals surface area contributed by atoms with Crippen molar-refractivity contribution in [1.82, 2.24) is 9.78 Å². The van der Waals surface area contributed by atoms with Crippen LogP contribution in [0.2, 0.25) is 0 Å². The van der Waals surface area contributed by atoms with Gasteiger partial charge in [0.2, 0.25) is 5.82 Å². The molecule has 18 heavy (non-hydrogen) atoms. The Morgan fingerprint density at radius 3 is 2.67 bits per heavy atom. The van der Waals surface area contributed by atoms with Gasteiger partial charge >= 0.3 is 5.69 Å². The van der Waals surface area contributed by atoms with Gasteiger partial charge in [0.1, 0.15) is 5.69 Å². The van der Waals surface area contributed by atoms with E-state index in [2.05, 4.69) is 5.10 Å². The molecule has 1 aliphatic heterocycles. The van der Waals surface area contributed by atoms with Gasteiger partial charge < -0.3 is 10.0 Å². The second-order valence-corrected chi connectivity index (χ2v) is 4.98.